The van der Waals surface area contributed by atoms with E-state index in [0.717, 1.165) is 5.56 Å². The van der Waals surface area contributed by atoms with Crippen molar-refractivity contribution in [1.29, 1.82) is 0 Å². The minimum absolute atomic E-state index is 0.231. The highest BCUT2D eigenvalue weighted by Crippen LogP contribution is 2.31. The Hall–Kier alpha value is -4.34. The molecule has 2 aromatic carbocycles. The number of hydrogen-bond donors (Lipinski definition) is 1. The van der Waals surface area contributed by atoms with Crippen molar-refractivity contribution in [1.82, 2.24) is 25.1 Å². The van der Waals surface area contributed by atoms with E-state index in [1.807, 2.05) is 24.3 Å². The summed E-state index contributed by atoms with van der Waals surface area (Å²) < 4.78 is 23.6. The predicted octanol–water partition coefficient (Wildman–Crippen LogP) is 2.77. The molecule has 176 valence electrons. The summed E-state index contributed by atoms with van der Waals surface area (Å²) in [5.41, 5.74) is 1.33. The average Bonchev–Trinajstić information content (AvgIpc) is 3.30. The summed E-state index contributed by atoms with van der Waals surface area (Å²) >= 11 is 0. The first-order valence-corrected chi connectivity index (χ1v) is 10.7. The lowest BCUT2D eigenvalue weighted by Gasteiger charge is -2.14. The van der Waals surface area contributed by atoms with E-state index in [9.17, 15) is 4.79 Å². The molecule has 0 radical (unpaired) electrons. The third kappa shape index (κ3) is 5.17. The number of ether oxygens (including phenoxy) is 4. The molecule has 34 heavy (non-hydrogen) atoms. The maximum Gasteiger partial charge on any atom is 0.260 e. The van der Waals surface area contributed by atoms with Crippen molar-refractivity contribution < 1.29 is 23.7 Å². The molecule has 4 rings (SSSR count). The monoisotopic (exact) mass is 463 g/mol. The van der Waals surface area contributed by atoms with E-state index < -0.39 is 6.10 Å². The van der Waals surface area contributed by atoms with Gasteiger partial charge in [0.15, 0.2) is 29.1 Å². The van der Waals surface area contributed by atoms with Crippen molar-refractivity contribution in [3.63, 3.8) is 0 Å². The molecule has 2 aromatic heterocycles. The number of hydrogen-bond acceptors (Lipinski definition) is 8. The van der Waals surface area contributed by atoms with Gasteiger partial charge in [-0.15, -0.1) is 15.3 Å². The zero-order valence-electron chi connectivity index (χ0n) is 19.1. The third-order valence-electron chi connectivity index (χ3n) is 4.96. The summed E-state index contributed by atoms with van der Waals surface area (Å²) in [6.45, 7) is 2.22. The zero-order chi connectivity index (χ0) is 23.9. The molecule has 4 aromatic rings. The number of carbonyl (C=O) groups excluding carboxylic acids is 1. The number of fused-ring (bicyclic) bond motifs is 1. The molecule has 1 atom stereocenters. The SMILES string of the molecule is COc1ccc(-c2nnc3ccc(OCCNC(=O)C(C)Oc4ccccc4)nn23)cc1OC. The van der Waals surface area contributed by atoms with Crippen molar-refractivity contribution in [2.75, 3.05) is 27.4 Å². The number of benzene rings is 2. The van der Waals surface area contributed by atoms with E-state index in [2.05, 4.69) is 20.6 Å². The van der Waals surface area contributed by atoms with Crippen molar-refractivity contribution in [2.45, 2.75) is 13.0 Å². The lowest BCUT2D eigenvalue weighted by molar-refractivity contribution is -0.127. The fourth-order valence-corrected chi connectivity index (χ4v) is 3.23. The van der Waals surface area contributed by atoms with Crippen LogP contribution < -0.4 is 24.3 Å². The molecular formula is C24H25N5O5. The smallest absolute Gasteiger partial charge is 0.260 e. The Kier molecular flexibility index (Phi) is 7.07. The highest BCUT2D eigenvalue weighted by Gasteiger charge is 2.15. The van der Waals surface area contributed by atoms with Gasteiger partial charge >= 0.3 is 0 Å². The second kappa shape index (κ2) is 10.5. The Bertz CT molecular complexity index is 1260. The van der Waals surface area contributed by atoms with Gasteiger partial charge < -0.3 is 24.3 Å². The van der Waals surface area contributed by atoms with E-state index in [1.54, 1.807) is 62.1 Å². The van der Waals surface area contributed by atoms with E-state index in [0.29, 0.717) is 41.1 Å². The van der Waals surface area contributed by atoms with Crippen LogP contribution in [0.25, 0.3) is 17.0 Å². The minimum atomic E-state index is -0.627. The van der Waals surface area contributed by atoms with Gasteiger partial charge in [-0.1, -0.05) is 18.2 Å². The van der Waals surface area contributed by atoms with Crippen LogP contribution in [0.3, 0.4) is 0 Å². The maximum absolute atomic E-state index is 12.3. The van der Waals surface area contributed by atoms with Gasteiger partial charge in [0.25, 0.3) is 5.91 Å². The third-order valence-corrected chi connectivity index (χ3v) is 4.96. The first-order valence-electron chi connectivity index (χ1n) is 10.7. The number of carbonyl (C=O) groups is 1. The van der Waals surface area contributed by atoms with Gasteiger partial charge in [0.2, 0.25) is 5.88 Å². The first kappa shape index (κ1) is 22.8. The number of amides is 1. The highest BCUT2D eigenvalue weighted by molar-refractivity contribution is 5.80. The van der Waals surface area contributed by atoms with Crippen LogP contribution in [0.4, 0.5) is 0 Å². The molecule has 1 unspecified atom stereocenters. The summed E-state index contributed by atoms with van der Waals surface area (Å²) in [6.07, 6.45) is -0.627. The quantitative estimate of drug-likeness (QED) is 0.358. The number of aromatic nitrogens is 4. The molecule has 0 fully saturated rings. The standard InChI is InChI=1S/C24H25N5O5/c1-16(34-18-7-5-4-6-8-18)24(30)25-13-14-33-22-12-11-21-26-27-23(29(21)28-22)17-9-10-19(31-2)20(15-17)32-3/h4-12,15-16H,13-14H2,1-3H3,(H,25,30). The molecule has 10 heteroatoms. The number of para-hydroxylation sites is 1. The van der Waals surface area contributed by atoms with Crippen LogP contribution in [0.1, 0.15) is 6.92 Å². The summed E-state index contributed by atoms with van der Waals surface area (Å²) in [6, 6.07) is 18.1. The summed E-state index contributed by atoms with van der Waals surface area (Å²) in [5.74, 6) is 2.50. The van der Waals surface area contributed by atoms with Crippen LogP contribution in [-0.2, 0) is 4.79 Å². The number of rotatable bonds is 10. The number of methoxy groups -OCH3 is 2. The van der Waals surface area contributed by atoms with Crippen LogP contribution in [-0.4, -0.2) is 59.2 Å². The summed E-state index contributed by atoms with van der Waals surface area (Å²) in [4.78, 5) is 12.3. The van der Waals surface area contributed by atoms with E-state index in [-0.39, 0.29) is 12.5 Å². The van der Waals surface area contributed by atoms with Crippen LogP contribution >= 0.6 is 0 Å². The Morgan fingerprint density at radius 1 is 1.00 bits per heavy atom. The minimum Gasteiger partial charge on any atom is -0.493 e. The van der Waals surface area contributed by atoms with Gasteiger partial charge in [0.1, 0.15) is 12.4 Å². The average molecular weight is 463 g/mol. The second-order valence-corrected chi connectivity index (χ2v) is 7.25. The van der Waals surface area contributed by atoms with Crippen molar-refractivity contribution in [3.05, 3.63) is 60.7 Å². The topological polar surface area (TPSA) is 109 Å². The normalized spacial score (nSPS) is 11.6. The predicted molar refractivity (Wildman–Crippen MR) is 124 cm³/mol. The molecule has 0 saturated carbocycles. The molecule has 0 aliphatic carbocycles. The molecule has 0 aliphatic rings. The Morgan fingerprint density at radius 2 is 1.79 bits per heavy atom. The molecule has 0 saturated heterocycles. The Morgan fingerprint density at radius 3 is 2.56 bits per heavy atom. The van der Waals surface area contributed by atoms with Crippen molar-refractivity contribution in [2.24, 2.45) is 0 Å². The molecule has 0 aliphatic heterocycles. The largest absolute Gasteiger partial charge is 0.493 e. The fourth-order valence-electron chi connectivity index (χ4n) is 3.23. The van der Waals surface area contributed by atoms with Crippen molar-refractivity contribution >= 4 is 11.6 Å². The second-order valence-electron chi connectivity index (χ2n) is 7.25. The van der Waals surface area contributed by atoms with Gasteiger partial charge in [-0.25, -0.2) is 0 Å². The summed E-state index contributed by atoms with van der Waals surface area (Å²) in [5, 5.41) is 15.7. The van der Waals surface area contributed by atoms with Crippen LogP contribution in [0.2, 0.25) is 0 Å². The molecular weight excluding hydrogens is 438 g/mol. The van der Waals surface area contributed by atoms with Crippen LogP contribution in [0.5, 0.6) is 23.1 Å². The molecule has 1 N–H and O–H groups in total. The number of nitrogens with zero attached hydrogens (tertiary/aromatic N) is 4. The highest BCUT2D eigenvalue weighted by atomic mass is 16.5. The Labute approximate surface area is 196 Å². The van der Waals surface area contributed by atoms with Gasteiger partial charge in [-0.3, -0.25) is 4.79 Å². The fraction of sp³-hybridized carbons (Fsp3) is 0.250. The molecule has 2 heterocycles. The zero-order valence-corrected chi connectivity index (χ0v) is 19.1. The van der Waals surface area contributed by atoms with Gasteiger partial charge in [-0.05, 0) is 43.3 Å². The lowest BCUT2D eigenvalue weighted by atomic mass is 10.2. The van der Waals surface area contributed by atoms with E-state index in [4.69, 9.17) is 18.9 Å². The maximum atomic E-state index is 12.3. The molecule has 0 bridgehead atoms. The van der Waals surface area contributed by atoms with Crippen LogP contribution in [0.15, 0.2) is 60.7 Å². The number of nitrogens with one attached hydrogen (secondary N) is 1. The molecule has 1 amide bonds. The van der Waals surface area contributed by atoms with Gasteiger partial charge in [0, 0.05) is 11.6 Å². The Balaban J connectivity index is 1.37. The van der Waals surface area contributed by atoms with Gasteiger partial charge in [-0.2, -0.15) is 4.52 Å². The first-order chi connectivity index (χ1) is 16.6. The molecule has 10 nitrogen and oxygen atoms in total. The van der Waals surface area contributed by atoms with Crippen molar-refractivity contribution in [3.8, 4) is 34.5 Å². The summed E-state index contributed by atoms with van der Waals surface area (Å²) in [7, 11) is 3.15. The van der Waals surface area contributed by atoms with E-state index >= 15 is 0 Å². The van der Waals surface area contributed by atoms with Crippen LogP contribution in [0, 0.1) is 0 Å². The van der Waals surface area contributed by atoms with Gasteiger partial charge in [0.05, 0.1) is 20.8 Å². The lowest BCUT2D eigenvalue weighted by Crippen LogP contribution is -2.38. The molecule has 0 spiro atoms. The van der Waals surface area contributed by atoms with E-state index in [1.165, 1.54) is 0 Å².